The molecule has 1 N–H and O–H groups in total. The van der Waals surface area contributed by atoms with Crippen LogP contribution in [0.3, 0.4) is 0 Å². The minimum Gasteiger partial charge on any atom is -0.377 e. The van der Waals surface area contributed by atoms with Crippen molar-refractivity contribution in [3.63, 3.8) is 0 Å². The molecule has 1 amide bonds. The number of carbonyl (C=O) groups is 1. The van der Waals surface area contributed by atoms with Crippen molar-refractivity contribution in [2.45, 2.75) is 32.4 Å². The molecule has 2 heterocycles. The summed E-state index contributed by atoms with van der Waals surface area (Å²) in [7, 11) is 0. The number of carbonyl (C=O) groups excluding carboxylic acids is 1. The quantitative estimate of drug-likeness (QED) is 0.749. The van der Waals surface area contributed by atoms with Gasteiger partial charge in [-0.1, -0.05) is 0 Å². The van der Waals surface area contributed by atoms with Crippen LogP contribution in [0.1, 0.15) is 20.8 Å². The number of hydrogen-bond donors (Lipinski definition) is 1. The van der Waals surface area contributed by atoms with Crippen LogP contribution in [0, 0.1) is 0 Å². The fraction of sp³-hybridized carbons (Fsp3) is 0.923. The lowest BCUT2D eigenvalue weighted by Gasteiger charge is -2.45. The van der Waals surface area contributed by atoms with Gasteiger partial charge in [-0.2, -0.15) is 0 Å². The molecule has 1 atom stereocenters. The SMILES string of the molecule is CC1COCCN1C(=O)C(C)(C)N1CCNCC1. The highest BCUT2D eigenvalue weighted by Crippen LogP contribution is 2.21. The van der Waals surface area contributed by atoms with E-state index in [1.165, 1.54) is 0 Å². The molecule has 0 radical (unpaired) electrons. The predicted molar refractivity (Wildman–Crippen MR) is 70.5 cm³/mol. The lowest BCUT2D eigenvalue weighted by Crippen LogP contribution is -2.63. The number of rotatable bonds is 2. The molecule has 2 aliphatic heterocycles. The Morgan fingerprint density at radius 1 is 1.28 bits per heavy atom. The van der Waals surface area contributed by atoms with Crippen molar-refractivity contribution < 1.29 is 9.53 Å². The first-order chi connectivity index (χ1) is 8.53. The molecule has 0 aliphatic carbocycles. The molecule has 104 valence electrons. The lowest BCUT2D eigenvalue weighted by molar-refractivity contribution is -0.151. The molecule has 2 rings (SSSR count). The summed E-state index contributed by atoms with van der Waals surface area (Å²) in [6, 6.07) is 0.188. The summed E-state index contributed by atoms with van der Waals surface area (Å²) in [4.78, 5) is 17.0. The summed E-state index contributed by atoms with van der Waals surface area (Å²) in [5.74, 6) is 0.236. The van der Waals surface area contributed by atoms with Crippen LogP contribution >= 0.6 is 0 Å². The van der Waals surface area contributed by atoms with Crippen molar-refractivity contribution in [3.8, 4) is 0 Å². The molecule has 5 nitrogen and oxygen atoms in total. The molecule has 0 aromatic heterocycles. The van der Waals surface area contributed by atoms with Gasteiger partial charge in [-0.15, -0.1) is 0 Å². The van der Waals surface area contributed by atoms with E-state index in [2.05, 4.69) is 17.1 Å². The monoisotopic (exact) mass is 255 g/mol. The van der Waals surface area contributed by atoms with Crippen LogP contribution in [0.15, 0.2) is 0 Å². The maximum Gasteiger partial charge on any atom is 0.242 e. The van der Waals surface area contributed by atoms with Gasteiger partial charge in [0.1, 0.15) is 0 Å². The second-order valence-corrected chi connectivity index (χ2v) is 5.72. The summed E-state index contributed by atoms with van der Waals surface area (Å²) in [5.41, 5.74) is -0.409. The standard InChI is InChI=1S/C13H25N3O2/c1-11-10-18-9-8-16(11)12(17)13(2,3)15-6-4-14-5-7-15/h11,14H,4-10H2,1-3H3. The maximum atomic E-state index is 12.7. The number of hydrogen-bond acceptors (Lipinski definition) is 4. The lowest BCUT2D eigenvalue weighted by atomic mass is 9.98. The Hall–Kier alpha value is -0.650. The summed E-state index contributed by atoms with van der Waals surface area (Å²) in [5, 5.41) is 3.33. The molecule has 5 heteroatoms. The van der Waals surface area contributed by atoms with E-state index in [0.29, 0.717) is 13.2 Å². The van der Waals surface area contributed by atoms with Crippen LogP contribution in [-0.4, -0.2) is 73.2 Å². The summed E-state index contributed by atoms with van der Waals surface area (Å²) >= 11 is 0. The molecular weight excluding hydrogens is 230 g/mol. The van der Waals surface area contributed by atoms with Gasteiger partial charge in [0.05, 0.1) is 24.8 Å². The van der Waals surface area contributed by atoms with Gasteiger partial charge < -0.3 is 15.0 Å². The van der Waals surface area contributed by atoms with Crippen molar-refractivity contribution in [3.05, 3.63) is 0 Å². The highest BCUT2D eigenvalue weighted by Gasteiger charge is 2.40. The van der Waals surface area contributed by atoms with Gasteiger partial charge in [0.25, 0.3) is 0 Å². The van der Waals surface area contributed by atoms with Crippen molar-refractivity contribution in [1.82, 2.24) is 15.1 Å². The summed E-state index contributed by atoms with van der Waals surface area (Å²) in [6.07, 6.45) is 0. The van der Waals surface area contributed by atoms with E-state index in [-0.39, 0.29) is 11.9 Å². The Bertz CT molecular complexity index is 301. The predicted octanol–water partition coefficient (Wildman–Crippen LogP) is -0.0825. The van der Waals surface area contributed by atoms with Crippen molar-refractivity contribution in [2.75, 3.05) is 45.9 Å². The Morgan fingerprint density at radius 3 is 2.56 bits per heavy atom. The second-order valence-electron chi connectivity index (χ2n) is 5.72. The molecular formula is C13H25N3O2. The molecule has 0 aromatic carbocycles. The second kappa shape index (κ2) is 5.55. The van der Waals surface area contributed by atoms with Gasteiger partial charge in [-0.3, -0.25) is 9.69 Å². The zero-order chi connectivity index (χ0) is 13.2. The van der Waals surface area contributed by atoms with Gasteiger partial charge >= 0.3 is 0 Å². The molecule has 2 saturated heterocycles. The number of nitrogens with zero attached hydrogens (tertiary/aromatic N) is 2. The van der Waals surface area contributed by atoms with E-state index in [0.717, 1.165) is 32.7 Å². The molecule has 1 unspecified atom stereocenters. The normalized spacial score (nSPS) is 27.3. The largest absolute Gasteiger partial charge is 0.377 e. The van der Waals surface area contributed by atoms with E-state index in [4.69, 9.17) is 4.74 Å². The first-order valence-electron chi connectivity index (χ1n) is 6.88. The van der Waals surface area contributed by atoms with Gasteiger partial charge in [-0.05, 0) is 20.8 Å². The van der Waals surface area contributed by atoms with Crippen LogP contribution in [0.4, 0.5) is 0 Å². The smallest absolute Gasteiger partial charge is 0.242 e. The number of nitrogens with one attached hydrogen (secondary N) is 1. The van der Waals surface area contributed by atoms with Crippen LogP contribution in [0.2, 0.25) is 0 Å². The van der Waals surface area contributed by atoms with Crippen molar-refractivity contribution in [2.24, 2.45) is 0 Å². The zero-order valence-electron chi connectivity index (χ0n) is 11.7. The Kier molecular flexibility index (Phi) is 4.25. The van der Waals surface area contributed by atoms with Crippen LogP contribution in [0.25, 0.3) is 0 Å². The minimum absolute atomic E-state index is 0.188. The highest BCUT2D eigenvalue weighted by molar-refractivity contribution is 5.86. The van der Waals surface area contributed by atoms with E-state index in [9.17, 15) is 4.79 Å². The van der Waals surface area contributed by atoms with Gasteiger partial charge in [0.2, 0.25) is 5.91 Å². The number of amides is 1. The van der Waals surface area contributed by atoms with Crippen LogP contribution in [-0.2, 0) is 9.53 Å². The van der Waals surface area contributed by atoms with Crippen molar-refractivity contribution >= 4 is 5.91 Å². The fourth-order valence-electron chi connectivity index (χ4n) is 2.74. The third-order valence-corrected chi connectivity index (χ3v) is 4.06. The molecule has 0 saturated carbocycles. The molecule has 18 heavy (non-hydrogen) atoms. The van der Waals surface area contributed by atoms with E-state index in [1.54, 1.807) is 0 Å². The number of piperazine rings is 1. The summed E-state index contributed by atoms with van der Waals surface area (Å²) < 4.78 is 5.40. The van der Waals surface area contributed by atoms with Gasteiger partial charge in [0.15, 0.2) is 0 Å². The number of ether oxygens (including phenoxy) is 1. The first kappa shape index (κ1) is 13.8. The average molecular weight is 255 g/mol. The van der Waals surface area contributed by atoms with Gasteiger partial charge in [-0.25, -0.2) is 0 Å². The topological polar surface area (TPSA) is 44.8 Å². The Balaban J connectivity index is 2.05. The molecule has 0 aromatic rings. The van der Waals surface area contributed by atoms with E-state index >= 15 is 0 Å². The van der Waals surface area contributed by atoms with E-state index in [1.807, 2.05) is 18.7 Å². The van der Waals surface area contributed by atoms with Crippen LogP contribution < -0.4 is 5.32 Å². The Labute approximate surface area is 109 Å². The maximum absolute atomic E-state index is 12.7. The average Bonchev–Trinajstić information content (AvgIpc) is 2.39. The van der Waals surface area contributed by atoms with E-state index < -0.39 is 5.54 Å². The fourth-order valence-corrected chi connectivity index (χ4v) is 2.74. The Morgan fingerprint density at radius 2 is 1.94 bits per heavy atom. The molecule has 2 fully saturated rings. The first-order valence-corrected chi connectivity index (χ1v) is 6.88. The summed E-state index contributed by atoms with van der Waals surface area (Å²) in [6.45, 7) is 12.0. The molecule has 0 spiro atoms. The third kappa shape index (κ3) is 2.68. The minimum atomic E-state index is -0.409. The molecule has 2 aliphatic rings. The van der Waals surface area contributed by atoms with Crippen LogP contribution in [0.5, 0.6) is 0 Å². The van der Waals surface area contributed by atoms with Gasteiger partial charge in [0, 0.05) is 32.7 Å². The highest BCUT2D eigenvalue weighted by atomic mass is 16.5. The number of morpholine rings is 1. The van der Waals surface area contributed by atoms with Crippen molar-refractivity contribution in [1.29, 1.82) is 0 Å². The third-order valence-electron chi connectivity index (χ3n) is 4.06. The molecule has 0 bridgehead atoms. The zero-order valence-corrected chi connectivity index (χ0v) is 11.7.